The summed E-state index contributed by atoms with van der Waals surface area (Å²) in [5, 5.41) is 6.84. The highest BCUT2D eigenvalue weighted by molar-refractivity contribution is 14.0. The van der Waals surface area contributed by atoms with E-state index in [-0.39, 0.29) is 29.5 Å². The Kier molecular flexibility index (Phi) is 11.2. The van der Waals surface area contributed by atoms with Crippen molar-refractivity contribution in [2.75, 3.05) is 46.5 Å². The van der Waals surface area contributed by atoms with Gasteiger partial charge in [0.15, 0.2) is 5.96 Å². The molecule has 1 aliphatic rings. The quantitative estimate of drug-likeness (QED) is 0.334. The predicted octanol–water partition coefficient (Wildman–Crippen LogP) is 2.62. The maximum atomic E-state index is 5.47. The van der Waals surface area contributed by atoms with Gasteiger partial charge in [-0.15, -0.1) is 24.0 Å². The van der Waals surface area contributed by atoms with Crippen molar-refractivity contribution in [2.24, 2.45) is 4.99 Å². The number of morpholine rings is 1. The number of hydrogen-bond acceptors (Lipinski definition) is 4. The normalized spacial score (nSPS) is 15.9. The van der Waals surface area contributed by atoms with Gasteiger partial charge in [-0.25, -0.2) is 4.99 Å². The highest BCUT2D eigenvalue weighted by Gasteiger charge is 2.28. The van der Waals surface area contributed by atoms with E-state index in [1.165, 1.54) is 11.1 Å². The zero-order valence-corrected chi connectivity index (χ0v) is 19.4. The zero-order chi connectivity index (χ0) is 18.8. The van der Waals surface area contributed by atoms with E-state index in [4.69, 9.17) is 14.5 Å². The molecule has 1 heterocycles. The Morgan fingerprint density at radius 1 is 1.22 bits per heavy atom. The highest BCUT2D eigenvalue weighted by Crippen LogP contribution is 2.15. The molecule has 0 aliphatic carbocycles. The lowest BCUT2D eigenvalue weighted by atomic mass is 10.0. The minimum Gasteiger partial charge on any atom is -0.380 e. The van der Waals surface area contributed by atoms with E-state index in [9.17, 15) is 0 Å². The second-order valence-corrected chi connectivity index (χ2v) is 7.21. The molecule has 0 aromatic heterocycles. The van der Waals surface area contributed by atoms with Gasteiger partial charge in [-0.1, -0.05) is 24.3 Å². The maximum absolute atomic E-state index is 5.47. The Bertz CT molecular complexity index is 575. The van der Waals surface area contributed by atoms with Crippen molar-refractivity contribution in [3.8, 4) is 0 Å². The Hall–Kier alpha value is -0.900. The van der Waals surface area contributed by atoms with Crippen molar-refractivity contribution in [1.29, 1.82) is 0 Å². The number of hydrogen-bond donors (Lipinski definition) is 2. The summed E-state index contributed by atoms with van der Waals surface area (Å²) in [4.78, 5) is 7.22. The number of guanidine groups is 1. The van der Waals surface area contributed by atoms with Crippen LogP contribution in [-0.4, -0.2) is 62.9 Å². The van der Waals surface area contributed by atoms with Crippen LogP contribution in [0.2, 0.25) is 0 Å². The molecule has 1 fully saturated rings. The van der Waals surface area contributed by atoms with Gasteiger partial charge in [0.1, 0.15) is 0 Å². The van der Waals surface area contributed by atoms with Crippen LogP contribution in [0.15, 0.2) is 29.3 Å². The molecule has 7 heteroatoms. The van der Waals surface area contributed by atoms with E-state index in [1.807, 2.05) is 0 Å². The molecule has 0 spiro atoms. The fourth-order valence-electron chi connectivity index (χ4n) is 3.08. The van der Waals surface area contributed by atoms with Crippen molar-refractivity contribution in [2.45, 2.75) is 39.5 Å². The third-order valence-electron chi connectivity index (χ3n) is 4.62. The number of nitrogens with one attached hydrogen (secondary N) is 2. The number of halogens is 1. The summed E-state index contributed by atoms with van der Waals surface area (Å²) in [5.41, 5.74) is 2.41. The molecule has 6 nitrogen and oxygen atoms in total. The molecule has 2 N–H and O–H groups in total. The van der Waals surface area contributed by atoms with E-state index >= 15 is 0 Å². The Labute approximate surface area is 181 Å². The lowest BCUT2D eigenvalue weighted by Crippen LogP contribution is -2.56. The summed E-state index contributed by atoms with van der Waals surface area (Å²) in [7, 11) is 1.72. The van der Waals surface area contributed by atoms with E-state index in [2.05, 4.69) is 60.6 Å². The second kappa shape index (κ2) is 12.5. The number of methoxy groups -OCH3 is 1. The molecule has 27 heavy (non-hydrogen) atoms. The van der Waals surface area contributed by atoms with Crippen molar-refractivity contribution in [3.63, 3.8) is 0 Å². The fraction of sp³-hybridized carbons (Fsp3) is 0.650. The van der Waals surface area contributed by atoms with Gasteiger partial charge in [0.2, 0.25) is 0 Å². The smallest absolute Gasteiger partial charge is 0.191 e. The topological polar surface area (TPSA) is 58.1 Å². The van der Waals surface area contributed by atoms with Crippen molar-refractivity contribution >= 4 is 29.9 Å². The fourth-order valence-corrected chi connectivity index (χ4v) is 3.08. The summed E-state index contributed by atoms with van der Waals surface area (Å²) in [6, 6.07) is 8.38. The van der Waals surface area contributed by atoms with Crippen LogP contribution >= 0.6 is 24.0 Å². The summed E-state index contributed by atoms with van der Waals surface area (Å²) in [6.45, 7) is 13.2. The second-order valence-electron chi connectivity index (χ2n) is 7.21. The van der Waals surface area contributed by atoms with E-state index in [1.54, 1.807) is 7.11 Å². The van der Waals surface area contributed by atoms with Gasteiger partial charge in [-0.3, -0.25) is 4.90 Å². The van der Waals surface area contributed by atoms with Gasteiger partial charge in [-0.2, -0.15) is 0 Å². The average Bonchev–Trinajstić information content (AvgIpc) is 2.65. The molecule has 0 bridgehead atoms. The molecular weight excluding hydrogens is 455 g/mol. The third kappa shape index (κ3) is 8.33. The summed E-state index contributed by atoms with van der Waals surface area (Å²) in [5.74, 6) is 0.853. The molecule has 154 valence electrons. The van der Waals surface area contributed by atoms with Gasteiger partial charge in [0.05, 0.1) is 26.4 Å². The molecule has 2 rings (SSSR count). The summed E-state index contributed by atoms with van der Waals surface area (Å²) >= 11 is 0. The molecule has 1 saturated heterocycles. The molecule has 1 aromatic carbocycles. The largest absolute Gasteiger partial charge is 0.380 e. The monoisotopic (exact) mass is 490 g/mol. The van der Waals surface area contributed by atoms with Crippen molar-refractivity contribution in [1.82, 2.24) is 15.5 Å². The highest BCUT2D eigenvalue weighted by atomic mass is 127. The van der Waals surface area contributed by atoms with Crippen molar-refractivity contribution in [3.05, 3.63) is 35.4 Å². The minimum absolute atomic E-state index is 0. The Balaban J connectivity index is 0.00000364. The molecule has 1 aliphatic heterocycles. The van der Waals surface area contributed by atoms with Gasteiger partial charge in [0, 0.05) is 38.8 Å². The van der Waals surface area contributed by atoms with Crippen LogP contribution in [0.25, 0.3) is 0 Å². The Morgan fingerprint density at radius 3 is 2.59 bits per heavy atom. The van der Waals surface area contributed by atoms with Crippen LogP contribution in [0.4, 0.5) is 0 Å². The minimum atomic E-state index is 0. The zero-order valence-electron chi connectivity index (χ0n) is 17.1. The number of ether oxygens (including phenoxy) is 2. The summed E-state index contributed by atoms with van der Waals surface area (Å²) in [6.07, 6.45) is 0. The SMILES string of the molecule is CCNC(=NCc1cccc(COC)c1)NCC(C)(C)N1CCOCC1.I. The first-order chi connectivity index (χ1) is 12.5. The van der Waals surface area contributed by atoms with Gasteiger partial charge in [0.25, 0.3) is 0 Å². The predicted molar refractivity (Wildman–Crippen MR) is 122 cm³/mol. The van der Waals surface area contributed by atoms with Crippen LogP contribution in [0.5, 0.6) is 0 Å². The first kappa shape index (κ1) is 24.1. The van der Waals surface area contributed by atoms with Crippen LogP contribution in [-0.2, 0) is 22.6 Å². The number of rotatable bonds is 8. The maximum Gasteiger partial charge on any atom is 0.191 e. The van der Waals surface area contributed by atoms with Crippen LogP contribution in [0.1, 0.15) is 31.9 Å². The standard InChI is InChI=1S/C20H34N4O2.HI/c1-5-21-19(22-14-17-7-6-8-18(13-17)15-25-4)23-16-20(2,3)24-9-11-26-12-10-24;/h6-8,13H,5,9-12,14-16H2,1-4H3,(H2,21,22,23);1H. The van der Waals surface area contributed by atoms with Crippen molar-refractivity contribution < 1.29 is 9.47 Å². The number of nitrogens with zero attached hydrogens (tertiary/aromatic N) is 2. The first-order valence-corrected chi connectivity index (χ1v) is 9.47. The average molecular weight is 490 g/mol. The van der Waals surface area contributed by atoms with Crippen LogP contribution in [0.3, 0.4) is 0 Å². The molecule has 1 aromatic rings. The van der Waals surface area contributed by atoms with Gasteiger partial charge in [-0.05, 0) is 31.9 Å². The molecule has 0 saturated carbocycles. The number of aliphatic imine (C=N–C) groups is 1. The van der Waals surface area contributed by atoms with E-state index in [0.717, 1.165) is 45.4 Å². The lowest BCUT2D eigenvalue weighted by molar-refractivity contribution is -0.00834. The molecule has 0 radical (unpaired) electrons. The Morgan fingerprint density at radius 2 is 1.93 bits per heavy atom. The van der Waals surface area contributed by atoms with Crippen LogP contribution in [0, 0.1) is 0 Å². The van der Waals surface area contributed by atoms with E-state index < -0.39 is 0 Å². The molecular formula is C20H35IN4O2. The van der Waals surface area contributed by atoms with E-state index in [0.29, 0.717) is 13.2 Å². The van der Waals surface area contributed by atoms with Gasteiger partial charge < -0.3 is 20.1 Å². The molecule has 0 atom stereocenters. The lowest BCUT2D eigenvalue weighted by Gasteiger charge is -2.41. The summed E-state index contributed by atoms with van der Waals surface area (Å²) < 4.78 is 10.7. The molecule has 0 amide bonds. The van der Waals surface area contributed by atoms with Crippen LogP contribution < -0.4 is 10.6 Å². The van der Waals surface area contributed by atoms with Gasteiger partial charge >= 0.3 is 0 Å². The number of benzene rings is 1. The molecule has 0 unspecified atom stereocenters. The third-order valence-corrected chi connectivity index (χ3v) is 4.62. The first-order valence-electron chi connectivity index (χ1n) is 9.47.